The summed E-state index contributed by atoms with van der Waals surface area (Å²) < 4.78 is 14.3. The number of aromatic hydroxyl groups is 1. The molecule has 2 N–H and O–H groups in total. The first kappa shape index (κ1) is 17.5. The first-order valence-corrected chi connectivity index (χ1v) is 6.45. The maximum absolute atomic E-state index is 11.5. The van der Waals surface area contributed by atoms with E-state index in [1.807, 2.05) is 0 Å². The Hall–Kier alpha value is -2.54. The van der Waals surface area contributed by atoms with Crippen LogP contribution in [0.1, 0.15) is 12.5 Å². The molecule has 7 heteroatoms. The predicted octanol–water partition coefficient (Wildman–Crippen LogP) is 0.881. The Morgan fingerprint density at radius 2 is 1.95 bits per heavy atom. The largest absolute Gasteiger partial charge is 0.504 e. The fraction of sp³-hybridized carbons (Fsp3) is 0.333. The number of phenols is 1. The summed E-state index contributed by atoms with van der Waals surface area (Å²) in [4.78, 5) is 22.0. The summed E-state index contributed by atoms with van der Waals surface area (Å²) in [5.41, 5.74) is 0.632. The smallest absolute Gasteiger partial charge is 0.330 e. The summed E-state index contributed by atoms with van der Waals surface area (Å²) >= 11 is 0. The molecule has 0 fully saturated rings. The first-order valence-electron chi connectivity index (χ1n) is 6.45. The lowest BCUT2D eigenvalue weighted by atomic mass is 10.2. The van der Waals surface area contributed by atoms with E-state index in [2.05, 4.69) is 4.74 Å². The van der Waals surface area contributed by atoms with E-state index >= 15 is 0 Å². The first-order chi connectivity index (χ1) is 10.4. The Morgan fingerprint density at radius 1 is 1.27 bits per heavy atom. The fourth-order valence-electron chi connectivity index (χ4n) is 1.45. The van der Waals surface area contributed by atoms with Crippen LogP contribution < -0.4 is 4.74 Å². The lowest BCUT2D eigenvalue weighted by Gasteiger charge is -2.09. The Bertz CT molecular complexity index is 551. The number of aliphatic hydroxyl groups is 1. The Morgan fingerprint density at radius 3 is 2.59 bits per heavy atom. The van der Waals surface area contributed by atoms with Crippen LogP contribution in [0.25, 0.3) is 6.08 Å². The van der Waals surface area contributed by atoms with Crippen LogP contribution in [0.4, 0.5) is 0 Å². The van der Waals surface area contributed by atoms with Gasteiger partial charge in [-0.05, 0) is 23.8 Å². The summed E-state index contributed by atoms with van der Waals surface area (Å²) in [5, 5.41) is 18.9. The Labute approximate surface area is 127 Å². The van der Waals surface area contributed by atoms with Gasteiger partial charge in [-0.25, -0.2) is 4.79 Å². The number of carbonyl (C=O) groups is 2. The van der Waals surface area contributed by atoms with Crippen molar-refractivity contribution < 1.29 is 34.0 Å². The summed E-state index contributed by atoms with van der Waals surface area (Å²) in [5.74, 6) is -0.899. The predicted molar refractivity (Wildman–Crippen MR) is 77.3 cm³/mol. The molecule has 120 valence electrons. The molecular weight excluding hydrogens is 292 g/mol. The van der Waals surface area contributed by atoms with Crippen LogP contribution in [0, 0.1) is 0 Å². The van der Waals surface area contributed by atoms with Crippen LogP contribution in [0.2, 0.25) is 0 Å². The lowest BCUT2D eigenvalue weighted by molar-refractivity contribution is -0.148. The maximum Gasteiger partial charge on any atom is 0.330 e. The molecule has 1 aromatic rings. The molecule has 1 atom stereocenters. The monoisotopic (exact) mass is 310 g/mol. The fourth-order valence-corrected chi connectivity index (χ4v) is 1.45. The number of phenolic OH excluding ortho intramolecular Hbond substituents is 1. The van der Waals surface area contributed by atoms with Crippen molar-refractivity contribution in [3.8, 4) is 11.5 Å². The van der Waals surface area contributed by atoms with Crippen LogP contribution >= 0.6 is 0 Å². The summed E-state index contributed by atoms with van der Waals surface area (Å²) in [6, 6.07) is 4.58. The van der Waals surface area contributed by atoms with Crippen LogP contribution in [-0.2, 0) is 19.1 Å². The number of benzene rings is 1. The maximum atomic E-state index is 11.5. The molecule has 0 radical (unpaired) electrons. The second-order valence-corrected chi connectivity index (χ2v) is 4.35. The number of hydrogen-bond acceptors (Lipinski definition) is 7. The molecule has 22 heavy (non-hydrogen) atoms. The van der Waals surface area contributed by atoms with Gasteiger partial charge in [-0.3, -0.25) is 4.79 Å². The van der Waals surface area contributed by atoms with Gasteiger partial charge in [0.1, 0.15) is 19.3 Å². The number of hydrogen-bond donors (Lipinski definition) is 2. The van der Waals surface area contributed by atoms with Crippen molar-refractivity contribution in [1.82, 2.24) is 0 Å². The minimum atomic E-state index is -1.07. The van der Waals surface area contributed by atoms with E-state index in [0.29, 0.717) is 5.56 Å². The van der Waals surface area contributed by atoms with Crippen molar-refractivity contribution in [3.05, 3.63) is 29.8 Å². The van der Waals surface area contributed by atoms with E-state index in [4.69, 9.17) is 9.47 Å². The standard InChI is InChI=1S/C15H18O7/c1-10(16)21-8-12(17)9-22-15(19)6-4-11-3-5-13(18)14(7-11)20-2/h3-7,12,17-18H,8-9H2,1-2H3/b6-4+. The number of esters is 2. The van der Waals surface area contributed by atoms with Crippen LogP contribution in [0.15, 0.2) is 24.3 Å². The molecule has 0 saturated heterocycles. The zero-order valence-electron chi connectivity index (χ0n) is 12.3. The highest BCUT2D eigenvalue weighted by Gasteiger charge is 2.09. The second kappa shape index (κ2) is 8.68. The molecule has 1 rings (SSSR count). The van der Waals surface area contributed by atoms with Crippen molar-refractivity contribution in [2.75, 3.05) is 20.3 Å². The number of aliphatic hydroxyl groups excluding tert-OH is 1. The molecule has 0 saturated carbocycles. The molecule has 7 nitrogen and oxygen atoms in total. The van der Waals surface area contributed by atoms with Crippen molar-refractivity contribution in [2.24, 2.45) is 0 Å². The van der Waals surface area contributed by atoms with E-state index in [1.165, 1.54) is 32.3 Å². The SMILES string of the molecule is COc1cc(/C=C/C(=O)OCC(O)COC(C)=O)ccc1O. The number of rotatable bonds is 7. The molecule has 0 amide bonds. The van der Waals surface area contributed by atoms with Crippen molar-refractivity contribution >= 4 is 18.0 Å². The highest BCUT2D eigenvalue weighted by atomic mass is 16.6. The second-order valence-electron chi connectivity index (χ2n) is 4.35. The normalized spacial score (nSPS) is 12.0. The molecule has 0 spiro atoms. The molecule has 0 heterocycles. The van der Waals surface area contributed by atoms with Gasteiger partial charge >= 0.3 is 11.9 Å². The molecule has 0 aliphatic carbocycles. The average Bonchev–Trinajstić information content (AvgIpc) is 2.49. The highest BCUT2D eigenvalue weighted by Crippen LogP contribution is 2.26. The van der Waals surface area contributed by atoms with Gasteiger partial charge in [-0.15, -0.1) is 0 Å². The molecule has 0 aliphatic rings. The van der Waals surface area contributed by atoms with Gasteiger partial charge in [-0.1, -0.05) is 6.07 Å². The van der Waals surface area contributed by atoms with Gasteiger partial charge in [0, 0.05) is 13.0 Å². The van der Waals surface area contributed by atoms with E-state index in [9.17, 15) is 19.8 Å². The third-order valence-electron chi connectivity index (χ3n) is 2.51. The van der Waals surface area contributed by atoms with Gasteiger partial charge in [0.25, 0.3) is 0 Å². The minimum absolute atomic E-state index is 0.00387. The van der Waals surface area contributed by atoms with Gasteiger partial charge < -0.3 is 24.4 Å². The van der Waals surface area contributed by atoms with Crippen molar-refractivity contribution in [2.45, 2.75) is 13.0 Å². The van der Waals surface area contributed by atoms with Gasteiger partial charge in [-0.2, -0.15) is 0 Å². The van der Waals surface area contributed by atoms with Gasteiger partial charge in [0.2, 0.25) is 0 Å². The van der Waals surface area contributed by atoms with Crippen LogP contribution in [-0.4, -0.2) is 48.6 Å². The summed E-state index contributed by atoms with van der Waals surface area (Å²) in [6.45, 7) is 0.699. The Kier molecular flexibility index (Phi) is 6.91. The average molecular weight is 310 g/mol. The van der Waals surface area contributed by atoms with Crippen molar-refractivity contribution in [1.29, 1.82) is 0 Å². The van der Waals surface area contributed by atoms with E-state index in [1.54, 1.807) is 12.1 Å². The van der Waals surface area contributed by atoms with Crippen molar-refractivity contribution in [3.63, 3.8) is 0 Å². The zero-order chi connectivity index (χ0) is 16.5. The Balaban J connectivity index is 2.46. The van der Waals surface area contributed by atoms with Gasteiger partial charge in [0.15, 0.2) is 11.5 Å². The molecular formula is C15H18O7. The van der Waals surface area contributed by atoms with E-state index < -0.39 is 18.0 Å². The van der Waals surface area contributed by atoms with Gasteiger partial charge in [0.05, 0.1) is 7.11 Å². The quantitative estimate of drug-likeness (QED) is 0.569. The number of carbonyl (C=O) groups excluding carboxylic acids is 2. The van der Waals surface area contributed by atoms with E-state index in [0.717, 1.165) is 0 Å². The minimum Gasteiger partial charge on any atom is -0.504 e. The third-order valence-corrected chi connectivity index (χ3v) is 2.51. The third kappa shape index (κ3) is 6.27. The molecule has 0 aromatic heterocycles. The lowest BCUT2D eigenvalue weighted by Crippen LogP contribution is -2.24. The zero-order valence-corrected chi connectivity index (χ0v) is 12.3. The molecule has 0 aliphatic heterocycles. The molecule has 1 unspecified atom stereocenters. The van der Waals surface area contributed by atoms with Crippen LogP contribution in [0.5, 0.6) is 11.5 Å². The molecule has 1 aromatic carbocycles. The van der Waals surface area contributed by atoms with Crippen LogP contribution in [0.3, 0.4) is 0 Å². The van der Waals surface area contributed by atoms with E-state index in [-0.39, 0.29) is 24.7 Å². The highest BCUT2D eigenvalue weighted by molar-refractivity contribution is 5.87. The summed E-state index contributed by atoms with van der Waals surface area (Å²) in [7, 11) is 1.42. The number of ether oxygens (including phenoxy) is 3. The topological polar surface area (TPSA) is 102 Å². The summed E-state index contributed by atoms with van der Waals surface area (Å²) in [6.07, 6.45) is 1.57. The number of methoxy groups -OCH3 is 1. The molecule has 0 bridgehead atoms.